The van der Waals surface area contributed by atoms with Crippen LogP contribution in [0.4, 0.5) is 0 Å². The predicted molar refractivity (Wildman–Crippen MR) is 86.9 cm³/mol. The summed E-state index contributed by atoms with van der Waals surface area (Å²) in [6.45, 7) is 3.60. The van der Waals surface area contributed by atoms with Gasteiger partial charge in [-0.2, -0.15) is 0 Å². The summed E-state index contributed by atoms with van der Waals surface area (Å²) in [6, 6.07) is 5.76. The van der Waals surface area contributed by atoms with E-state index in [0.29, 0.717) is 6.54 Å². The molecule has 1 aliphatic heterocycles. The number of aliphatic carboxylic acids is 1. The second kappa shape index (κ2) is 6.97. The summed E-state index contributed by atoms with van der Waals surface area (Å²) in [6.07, 6.45) is 0.909. The third kappa shape index (κ3) is 3.80. The Hall–Kier alpha value is -2.12. The second-order valence-corrected chi connectivity index (χ2v) is 6.17. The van der Waals surface area contributed by atoms with E-state index in [1.54, 1.807) is 11.3 Å². The molecule has 0 saturated carbocycles. The molecule has 3 rings (SSSR count). The fourth-order valence-corrected chi connectivity index (χ4v) is 3.30. The van der Waals surface area contributed by atoms with Gasteiger partial charge in [0.15, 0.2) is 11.5 Å². The lowest BCUT2D eigenvalue weighted by molar-refractivity contribution is -0.138. The molecule has 0 fully saturated rings. The standard InChI is InChI=1S/C16H18N2O4S/c1-2-5-18(8-15(19)20)7-12-9-23-16(17-12)11-3-4-13-14(6-11)22-10-21-13/h3-4,6,9H,2,5,7-8,10H2,1H3,(H,19,20). The summed E-state index contributed by atoms with van der Waals surface area (Å²) in [5, 5.41) is 11.8. The lowest BCUT2D eigenvalue weighted by Crippen LogP contribution is -2.30. The van der Waals surface area contributed by atoms with Crippen molar-refractivity contribution in [1.29, 1.82) is 0 Å². The third-order valence-electron chi connectivity index (χ3n) is 3.46. The maximum absolute atomic E-state index is 10.9. The van der Waals surface area contributed by atoms with E-state index >= 15 is 0 Å². The average Bonchev–Trinajstić information content (AvgIpc) is 3.14. The molecule has 2 heterocycles. The Balaban J connectivity index is 1.73. The van der Waals surface area contributed by atoms with Crippen LogP contribution in [0, 0.1) is 0 Å². The SMILES string of the molecule is CCCN(CC(=O)O)Cc1csc(-c2ccc3c(c2)OCO3)n1. The number of hydrogen-bond donors (Lipinski definition) is 1. The van der Waals surface area contributed by atoms with Gasteiger partial charge in [0.1, 0.15) is 5.01 Å². The number of nitrogens with zero attached hydrogens (tertiary/aromatic N) is 2. The number of carboxylic acid groups (broad SMARTS) is 1. The van der Waals surface area contributed by atoms with E-state index in [1.165, 1.54) is 0 Å². The number of ether oxygens (including phenoxy) is 2. The summed E-state index contributed by atoms with van der Waals surface area (Å²) < 4.78 is 10.7. The maximum Gasteiger partial charge on any atom is 0.317 e. The van der Waals surface area contributed by atoms with Gasteiger partial charge in [-0.05, 0) is 31.2 Å². The first kappa shape index (κ1) is 15.8. The summed E-state index contributed by atoms with van der Waals surface area (Å²) in [5.74, 6) is 0.670. The molecule has 1 aromatic heterocycles. The molecule has 0 atom stereocenters. The summed E-state index contributed by atoms with van der Waals surface area (Å²) in [7, 11) is 0. The molecular formula is C16H18N2O4S. The Kier molecular flexibility index (Phi) is 4.78. The molecule has 7 heteroatoms. The minimum atomic E-state index is -0.815. The van der Waals surface area contributed by atoms with Crippen molar-refractivity contribution >= 4 is 17.3 Å². The number of thiazole rings is 1. The number of carboxylic acids is 1. The van der Waals surface area contributed by atoms with Crippen LogP contribution < -0.4 is 9.47 Å². The van der Waals surface area contributed by atoms with Crippen LogP contribution in [0.1, 0.15) is 19.0 Å². The molecule has 1 aliphatic rings. The van der Waals surface area contributed by atoms with Gasteiger partial charge >= 0.3 is 5.97 Å². The minimum absolute atomic E-state index is 0.0325. The highest BCUT2D eigenvalue weighted by molar-refractivity contribution is 7.13. The molecule has 1 aromatic carbocycles. The van der Waals surface area contributed by atoms with Crippen LogP contribution in [0.2, 0.25) is 0 Å². The van der Waals surface area contributed by atoms with Crippen LogP contribution in [-0.2, 0) is 11.3 Å². The van der Waals surface area contributed by atoms with Crippen LogP contribution in [-0.4, -0.2) is 40.8 Å². The van der Waals surface area contributed by atoms with Crippen molar-refractivity contribution in [2.24, 2.45) is 0 Å². The Morgan fingerprint density at radius 3 is 3.00 bits per heavy atom. The van der Waals surface area contributed by atoms with Crippen LogP contribution >= 0.6 is 11.3 Å². The smallest absolute Gasteiger partial charge is 0.317 e. The van der Waals surface area contributed by atoms with E-state index < -0.39 is 5.97 Å². The van der Waals surface area contributed by atoms with Crippen molar-refractivity contribution in [3.63, 3.8) is 0 Å². The fourth-order valence-electron chi connectivity index (χ4n) is 2.49. The first-order valence-corrected chi connectivity index (χ1v) is 8.32. The fraction of sp³-hybridized carbons (Fsp3) is 0.375. The summed E-state index contributed by atoms with van der Waals surface area (Å²) in [5.41, 5.74) is 1.86. The molecule has 6 nitrogen and oxygen atoms in total. The molecule has 23 heavy (non-hydrogen) atoms. The highest BCUT2D eigenvalue weighted by Crippen LogP contribution is 2.36. The summed E-state index contributed by atoms with van der Waals surface area (Å²) >= 11 is 1.55. The molecule has 1 N–H and O–H groups in total. The zero-order valence-corrected chi connectivity index (χ0v) is 13.6. The Bertz CT molecular complexity index is 701. The van der Waals surface area contributed by atoms with E-state index in [-0.39, 0.29) is 13.3 Å². The lowest BCUT2D eigenvalue weighted by Gasteiger charge is -2.17. The van der Waals surface area contributed by atoms with Gasteiger partial charge in [-0.3, -0.25) is 9.69 Å². The van der Waals surface area contributed by atoms with Crippen LogP contribution in [0.3, 0.4) is 0 Å². The van der Waals surface area contributed by atoms with E-state index in [0.717, 1.165) is 40.7 Å². The molecule has 0 spiro atoms. The van der Waals surface area contributed by atoms with Gasteiger partial charge in [0.2, 0.25) is 6.79 Å². The quantitative estimate of drug-likeness (QED) is 0.839. The topological polar surface area (TPSA) is 71.9 Å². The zero-order valence-electron chi connectivity index (χ0n) is 12.8. The zero-order chi connectivity index (χ0) is 16.2. The average molecular weight is 334 g/mol. The van der Waals surface area contributed by atoms with Crippen molar-refractivity contribution in [1.82, 2.24) is 9.88 Å². The van der Waals surface area contributed by atoms with Crippen molar-refractivity contribution < 1.29 is 19.4 Å². The molecule has 0 unspecified atom stereocenters. The predicted octanol–water partition coefficient (Wildman–Crippen LogP) is 2.84. The molecule has 0 radical (unpaired) electrons. The third-order valence-corrected chi connectivity index (χ3v) is 4.40. The van der Waals surface area contributed by atoms with Crippen molar-refractivity contribution in [2.75, 3.05) is 19.9 Å². The molecular weight excluding hydrogens is 316 g/mol. The van der Waals surface area contributed by atoms with Crippen LogP contribution in [0.5, 0.6) is 11.5 Å². The monoisotopic (exact) mass is 334 g/mol. The number of rotatable bonds is 7. The number of hydrogen-bond acceptors (Lipinski definition) is 6. The van der Waals surface area contributed by atoms with Gasteiger partial charge in [-0.25, -0.2) is 4.98 Å². The van der Waals surface area contributed by atoms with Gasteiger partial charge < -0.3 is 14.6 Å². The number of benzene rings is 1. The number of carbonyl (C=O) groups is 1. The molecule has 0 saturated heterocycles. The maximum atomic E-state index is 10.9. The van der Waals surface area contributed by atoms with E-state index in [2.05, 4.69) is 4.98 Å². The van der Waals surface area contributed by atoms with Crippen LogP contribution in [0.15, 0.2) is 23.6 Å². The molecule has 0 bridgehead atoms. The highest BCUT2D eigenvalue weighted by Gasteiger charge is 2.16. The Morgan fingerprint density at radius 2 is 2.22 bits per heavy atom. The molecule has 0 aliphatic carbocycles. The van der Waals surface area contributed by atoms with Crippen molar-refractivity contribution in [3.05, 3.63) is 29.3 Å². The number of fused-ring (bicyclic) bond motifs is 1. The van der Waals surface area contributed by atoms with Crippen LogP contribution in [0.25, 0.3) is 10.6 Å². The first-order chi connectivity index (χ1) is 11.2. The van der Waals surface area contributed by atoms with E-state index in [1.807, 2.05) is 35.4 Å². The summed E-state index contributed by atoms with van der Waals surface area (Å²) in [4.78, 5) is 17.4. The molecule has 0 amide bonds. The second-order valence-electron chi connectivity index (χ2n) is 5.32. The first-order valence-electron chi connectivity index (χ1n) is 7.44. The van der Waals surface area contributed by atoms with Gasteiger partial charge in [0, 0.05) is 17.5 Å². The highest BCUT2D eigenvalue weighted by atomic mass is 32.1. The van der Waals surface area contributed by atoms with Gasteiger partial charge in [-0.1, -0.05) is 6.92 Å². The minimum Gasteiger partial charge on any atom is -0.480 e. The van der Waals surface area contributed by atoms with Crippen molar-refractivity contribution in [3.8, 4) is 22.1 Å². The largest absolute Gasteiger partial charge is 0.480 e. The molecule has 122 valence electrons. The Morgan fingerprint density at radius 1 is 1.39 bits per heavy atom. The normalized spacial score (nSPS) is 12.8. The van der Waals surface area contributed by atoms with Crippen molar-refractivity contribution in [2.45, 2.75) is 19.9 Å². The number of aromatic nitrogens is 1. The van der Waals surface area contributed by atoms with Gasteiger partial charge in [0.05, 0.1) is 12.2 Å². The lowest BCUT2D eigenvalue weighted by atomic mass is 10.2. The Labute approximate surface area is 138 Å². The van der Waals surface area contributed by atoms with Gasteiger partial charge in [-0.15, -0.1) is 11.3 Å². The van der Waals surface area contributed by atoms with Gasteiger partial charge in [0.25, 0.3) is 0 Å². The molecule has 2 aromatic rings. The van der Waals surface area contributed by atoms with E-state index in [4.69, 9.17) is 14.6 Å². The van der Waals surface area contributed by atoms with E-state index in [9.17, 15) is 4.79 Å².